The summed E-state index contributed by atoms with van der Waals surface area (Å²) in [5.41, 5.74) is 0.320. The van der Waals surface area contributed by atoms with Crippen LogP contribution in [0.4, 0.5) is 19.4 Å². The van der Waals surface area contributed by atoms with E-state index in [2.05, 4.69) is 9.88 Å². The number of hydrogen-bond acceptors (Lipinski definition) is 5. The topological polar surface area (TPSA) is 95.7 Å². The molecule has 2 aliphatic heterocycles. The van der Waals surface area contributed by atoms with Crippen LogP contribution in [0.2, 0.25) is 0 Å². The van der Waals surface area contributed by atoms with Crippen molar-refractivity contribution < 1.29 is 26.5 Å². The number of anilines is 1. The molecule has 8 nitrogen and oxygen atoms in total. The van der Waals surface area contributed by atoms with E-state index >= 15 is 0 Å². The molecule has 11 heteroatoms. The molecule has 0 spiro atoms. The Morgan fingerprint density at radius 3 is 2.56 bits per heavy atom. The van der Waals surface area contributed by atoms with Gasteiger partial charge in [-0.05, 0) is 31.5 Å². The first kappa shape index (κ1) is 20.8. The molecule has 2 aromatic carbocycles. The standard InChI is InChI=1S/C21H20F2N4O4S/c1-2-32(29,30)25-12-9-13-11-27(21(28)26(13)10-12)20-19-14(5-3-8-17(19)31-24-20)18-15(22)6-4-7-16(18)23/h3-8,12-13,25H,2,9-11H2,1H3/t12-,13-/m0/s1. The summed E-state index contributed by atoms with van der Waals surface area (Å²) < 4.78 is 60.8. The highest BCUT2D eigenvalue weighted by Crippen LogP contribution is 2.40. The monoisotopic (exact) mass is 462 g/mol. The average Bonchev–Trinajstić information content (AvgIpc) is 3.42. The third-order valence-electron chi connectivity index (χ3n) is 5.98. The van der Waals surface area contributed by atoms with Gasteiger partial charge in [0.2, 0.25) is 10.0 Å². The number of hydrogen-bond donors (Lipinski definition) is 1. The lowest BCUT2D eigenvalue weighted by molar-refractivity contribution is 0.218. The van der Waals surface area contributed by atoms with Crippen molar-refractivity contribution in [3.05, 3.63) is 48.0 Å². The van der Waals surface area contributed by atoms with Crippen LogP contribution in [0.1, 0.15) is 13.3 Å². The molecule has 3 heterocycles. The van der Waals surface area contributed by atoms with Crippen LogP contribution in [0.5, 0.6) is 0 Å². The van der Waals surface area contributed by atoms with Gasteiger partial charge in [-0.25, -0.2) is 26.7 Å². The largest absolute Gasteiger partial charge is 0.354 e. The molecule has 32 heavy (non-hydrogen) atoms. The highest BCUT2D eigenvalue weighted by molar-refractivity contribution is 7.89. The van der Waals surface area contributed by atoms with Crippen molar-refractivity contribution >= 4 is 32.8 Å². The van der Waals surface area contributed by atoms with Crippen LogP contribution in [0.3, 0.4) is 0 Å². The third kappa shape index (κ3) is 3.32. The lowest BCUT2D eigenvalue weighted by Gasteiger charge is -2.18. The summed E-state index contributed by atoms with van der Waals surface area (Å²) in [6.45, 7) is 2.06. The Morgan fingerprint density at radius 2 is 1.88 bits per heavy atom. The van der Waals surface area contributed by atoms with Crippen molar-refractivity contribution in [1.29, 1.82) is 0 Å². The van der Waals surface area contributed by atoms with Crippen molar-refractivity contribution in [1.82, 2.24) is 14.8 Å². The number of urea groups is 1. The van der Waals surface area contributed by atoms with Gasteiger partial charge in [0.05, 0.1) is 22.7 Å². The summed E-state index contributed by atoms with van der Waals surface area (Å²) in [5.74, 6) is -1.31. The Hall–Kier alpha value is -3.05. The number of carbonyl (C=O) groups excluding carboxylic acids is 1. The van der Waals surface area contributed by atoms with Gasteiger partial charge in [-0.2, -0.15) is 0 Å². The molecule has 5 rings (SSSR count). The van der Waals surface area contributed by atoms with Gasteiger partial charge in [0.1, 0.15) is 11.6 Å². The minimum absolute atomic E-state index is 0.0332. The average molecular weight is 462 g/mol. The Labute approximate surface area is 182 Å². The number of nitrogens with zero attached hydrogens (tertiary/aromatic N) is 3. The van der Waals surface area contributed by atoms with E-state index in [1.807, 2.05) is 0 Å². The second kappa shape index (κ2) is 7.52. The molecule has 0 aliphatic carbocycles. The first-order chi connectivity index (χ1) is 15.3. The van der Waals surface area contributed by atoms with Crippen LogP contribution >= 0.6 is 0 Å². The van der Waals surface area contributed by atoms with Gasteiger partial charge < -0.3 is 9.42 Å². The Morgan fingerprint density at radius 1 is 1.16 bits per heavy atom. The van der Waals surface area contributed by atoms with E-state index in [9.17, 15) is 22.0 Å². The van der Waals surface area contributed by atoms with Crippen molar-refractivity contribution in [3.8, 4) is 11.1 Å². The van der Waals surface area contributed by atoms with E-state index in [0.717, 1.165) is 0 Å². The number of halogens is 2. The van der Waals surface area contributed by atoms with E-state index in [4.69, 9.17) is 4.52 Å². The molecule has 2 atom stereocenters. The van der Waals surface area contributed by atoms with Crippen molar-refractivity contribution in [2.24, 2.45) is 0 Å². The number of amides is 2. The quantitative estimate of drug-likeness (QED) is 0.629. The molecule has 1 aromatic heterocycles. The molecule has 0 unspecified atom stereocenters. The summed E-state index contributed by atoms with van der Waals surface area (Å²) in [6, 6.07) is 7.47. The Bertz CT molecular complexity index is 1310. The van der Waals surface area contributed by atoms with Crippen LogP contribution in [-0.2, 0) is 10.0 Å². The van der Waals surface area contributed by atoms with Crippen LogP contribution in [0.15, 0.2) is 40.9 Å². The van der Waals surface area contributed by atoms with Crippen molar-refractivity contribution in [2.75, 3.05) is 23.7 Å². The maximum Gasteiger partial charge on any atom is 0.326 e. The van der Waals surface area contributed by atoms with Crippen molar-refractivity contribution in [2.45, 2.75) is 25.4 Å². The molecule has 0 radical (unpaired) electrons. The van der Waals surface area contributed by atoms with Crippen LogP contribution in [0, 0.1) is 11.6 Å². The molecule has 2 fully saturated rings. The van der Waals surface area contributed by atoms with Crippen molar-refractivity contribution in [3.63, 3.8) is 0 Å². The minimum atomic E-state index is -3.38. The number of aromatic nitrogens is 1. The zero-order valence-electron chi connectivity index (χ0n) is 17.1. The molecule has 3 aromatic rings. The van der Waals surface area contributed by atoms with Gasteiger partial charge in [-0.1, -0.05) is 23.4 Å². The number of sulfonamides is 1. The predicted molar refractivity (Wildman–Crippen MR) is 114 cm³/mol. The summed E-state index contributed by atoms with van der Waals surface area (Å²) in [5, 5.41) is 4.38. The van der Waals surface area contributed by atoms with Gasteiger partial charge in [0.25, 0.3) is 0 Å². The van der Waals surface area contributed by atoms with Gasteiger partial charge in [0.15, 0.2) is 11.4 Å². The number of benzene rings is 2. The third-order valence-corrected chi connectivity index (χ3v) is 7.43. The van der Waals surface area contributed by atoms with Gasteiger partial charge in [-0.3, -0.25) is 4.90 Å². The second-order valence-electron chi connectivity index (χ2n) is 7.93. The molecule has 0 bridgehead atoms. The highest BCUT2D eigenvalue weighted by atomic mass is 32.2. The first-order valence-corrected chi connectivity index (χ1v) is 11.8. The van der Waals surface area contributed by atoms with E-state index in [0.29, 0.717) is 17.4 Å². The van der Waals surface area contributed by atoms with Crippen LogP contribution in [0.25, 0.3) is 22.1 Å². The fourth-order valence-electron chi connectivity index (χ4n) is 4.49. The molecular formula is C21H20F2N4O4S. The minimum Gasteiger partial charge on any atom is -0.354 e. The maximum atomic E-state index is 14.5. The fraction of sp³-hybridized carbons (Fsp3) is 0.333. The summed E-state index contributed by atoms with van der Waals surface area (Å²) >= 11 is 0. The zero-order chi connectivity index (χ0) is 22.6. The van der Waals surface area contributed by atoms with Crippen LogP contribution in [-0.4, -0.2) is 55.4 Å². The van der Waals surface area contributed by atoms with Gasteiger partial charge >= 0.3 is 6.03 Å². The van der Waals surface area contributed by atoms with E-state index < -0.39 is 21.7 Å². The maximum absolute atomic E-state index is 14.5. The summed E-state index contributed by atoms with van der Waals surface area (Å²) in [4.78, 5) is 16.1. The van der Waals surface area contributed by atoms with Crippen LogP contribution < -0.4 is 9.62 Å². The van der Waals surface area contributed by atoms with E-state index in [-0.39, 0.29) is 53.9 Å². The molecule has 0 saturated carbocycles. The molecule has 2 aliphatic rings. The first-order valence-electron chi connectivity index (χ1n) is 10.2. The predicted octanol–water partition coefficient (Wildman–Crippen LogP) is 3.10. The van der Waals surface area contributed by atoms with Gasteiger partial charge in [0, 0.05) is 24.7 Å². The normalized spacial score (nSPS) is 21.0. The summed E-state index contributed by atoms with van der Waals surface area (Å²) in [7, 11) is -3.38. The number of nitrogens with one attached hydrogen (secondary N) is 1. The van der Waals surface area contributed by atoms with E-state index in [1.54, 1.807) is 30.0 Å². The summed E-state index contributed by atoms with van der Waals surface area (Å²) in [6.07, 6.45) is 0.464. The second-order valence-corrected chi connectivity index (χ2v) is 9.98. The number of carbonyl (C=O) groups is 1. The lowest BCUT2D eigenvalue weighted by atomic mass is 10.00. The highest BCUT2D eigenvalue weighted by Gasteiger charge is 2.46. The Kier molecular flexibility index (Phi) is 4.90. The molecule has 168 valence electrons. The lowest BCUT2D eigenvalue weighted by Crippen LogP contribution is -2.41. The number of fused-ring (bicyclic) bond motifs is 2. The van der Waals surface area contributed by atoms with E-state index in [1.165, 1.54) is 23.1 Å². The smallest absolute Gasteiger partial charge is 0.326 e. The zero-order valence-corrected chi connectivity index (χ0v) is 17.9. The number of rotatable bonds is 5. The fourth-order valence-corrected chi connectivity index (χ4v) is 5.34. The SMILES string of the molecule is CCS(=O)(=O)N[C@H]1C[C@H]2CN(c3noc4cccc(-c5c(F)cccc5F)c34)C(=O)N2C1. The molecule has 2 saturated heterocycles. The molecule has 2 amide bonds. The Balaban J connectivity index is 1.50. The van der Waals surface area contributed by atoms with Gasteiger partial charge in [-0.15, -0.1) is 0 Å². The molecule has 1 N–H and O–H groups in total. The molecular weight excluding hydrogens is 442 g/mol.